The Morgan fingerprint density at radius 2 is 1.85 bits per heavy atom. The largest absolute Gasteiger partial charge is 0.462 e. The van der Waals surface area contributed by atoms with Crippen LogP contribution in [-0.4, -0.2) is 20.1 Å². The summed E-state index contributed by atoms with van der Waals surface area (Å²) in [4.78, 5) is 11.3. The first-order valence-corrected chi connectivity index (χ1v) is 10.9. The van der Waals surface area contributed by atoms with Crippen molar-refractivity contribution in [3.05, 3.63) is 30.3 Å². The summed E-state index contributed by atoms with van der Waals surface area (Å²) in [5.41, 5.74) is 0. The first kappa shape index (κ1) is 15.3. The van der Waals surface area contributed by atoms with Crippen LogP contribution in [-0.2, 0) is 9.53 Å². The highest BCUT2D eigenvalue weighted by Crippen LogP contribution is 2.33. The molecule has 1 aromatic carbocycles. The van der Waals surface area contributed by atoms with Gasteiger partial charge in [-0.2, -0.15) is 0 Å². The number of carbonyl (C=O) groups is 1. The van der Waals surface area contributed by atoms with Crippen LogP contribution < -0.4 is 5.19 Å². The first-order valence-electron chi connectivity index (χ1n) is 7.72. The van der Waals surface area contributed by atoms with Crippen molar-refractivity contribution in [2.24, 2.45) is 5.92 Å². The van der Waals surface area contributed by atoms with E-state index < -0.39 is 8.07 Å². The maximum Gasteiger partial charge on any atom is 0.302 e. The molecule has 0 aliphatic heterocycles. The zero-order valence-electron chi connectivity index (χ0n) is 12.9. The van der Waals surface area contributed by atoms with Gasteiger partial charge in [0.1, 0.15) is 6.10 Å². The molecule has 1 fully saturated rings. The Hall–Kier alpha value is -1.09. The number of ether oxygens (including phenoxy) is 1. The van der Waals surface area contributed by atoms with E-state index in [0.29, 0.717) is 5.92 Å². The summed E-state index contributed by atoms with van der Waals surface area (Å²) < 4.78 is 5.57. The lowest BCUT2D eigenvalue weighted by molar-refractivity contribution is -0.150. The minimum Gasteiger partial charge on any atom is -0.462 e. The predicted molar refractivity (Wildman–Crippen MR) is 85.9 cm³/mol. The van der Waals surface area contributed by atoms with Crippen molar-refractivity contribution in [2.45, 2.75) is 57.8 Å². The summed E-state index contributed by atoms with van der Waals surface area (Å²) in [5, 5.41) is 1.51. The maximum absolute atomic E-state index is 11.3. The fourth-order valence-corrected chi connectivity index (χ4v) is 6.55. The lowest BCUT2D eigenvalue weighted by Crippen LogP contribution is -2.45. The molecule has 0 spiro atoms. The molecule has 0 aromatic heterocycles. The van der Waals surface area contributed by atoms with Gasteiger partial charge in [-0.3, -0.25) is 4.79 Å². The average molecular weight is 290 g/mol. The van der Waals surface area contributed by atoms with E-state index in [1.165, 1.54) is 37.4 Å². The van der Waals surface area contributed by atoms with Gasteiger partial charge in [0.15, 0.2) is 0 Å². The van der Waals surface area contributed by atoms with Gasteiger partial charge in [0.25, 0.3) is 0 Å². The third-order valence-electron chi connectivity index (χ3n) is 4.48. The SMILES string of the molecule is CC(=O)O[C@@H]1CCCC[C@H]1C[Si](C)(C)c1ccccc1. The molecule has 2 rings (SSSR count). The van der Waals surface area contributed by atoms with Crippen LogP contribution in [0.3, 0.4) is 0 Å². The normalized spacial score (nSPS) is 23.4. The van der Waals surface area contributed by atoms with Crippen molar-refractivity contribution in [1.29, 1.82) is 0 Å². The van der Waals surface area contributed by atoms with Crippen molar-refractivity contribution in [3.8, 4) is 0 Å². The van der Waals surface area contributed by atoms with E-state index in [1.54, 1.807) is 0 Å². The third-order valence-corrected chi connectivity index (χ3v) is 7.93. The van der Waals surface area contributed by atoms with E-state index in [9.17, 15) is 4.79 Å². The molecule has 0 heterocycles. The monoisotopic (exact) mass is 290 g/mol. The molecule has 110 valence electrons. The molecular weight excluding hydrogens is 264 g/mol. The Balaban J connectivity index is 2.07. The summed E-state index contributed by atoms with van der Waals surface area (Å²) in [6, 6.07) is 12.1. The highest BCUT2D eigenvalue weighted by molar-refractivity contribution is 6.89. The molecule has 2 nitrogen and oxygen atoms in total. The van der Waals surface area contributed by atoms with Gasteiger partial charge in [0.2, 0.25) is 0 Å². The predicted octanol–water partition coefficient (Wildman–Crippen LogP) is 3.72. The van der Waals surface area contributed by atoms with Crippen molar-refractivity contribution in [1.82, 2.24) is 0 Å². The van der Waals surface area contributed by atoms with E-state index in [1.807, 2.05) is 0 Å². The smallest absolute Gasteiger partial charge is 0.302 e. The van der Waals surface area contributed by atoms with Crippen LogP contribution >= 0.6 is 0 Å². The Morgan fingerprint density at radius 3 is 2.50 bits per heavy atom. The highest BCUT2D eigenvalue weighted by atomic mass is 28.3. The molecule has 0 bridgehead atoms. The molecule has 1 aliphatic rings. The first-order chi connectivity index (χ1) is 9.49. The van der Waals surface area contributed by atoms with Crippen LogP contribution in [0.15, 0.2) is 30.3 Å². The zero-order valence-corrected chi connectivity index (χ0v) is 13.9. The third kappa shape index (κ3) is 3.95. The fourth-order valence-electron chi connectivity index (χ4n) is 3.44. The molecule has 0 saturated heterocycles. The lowest BCUT2D eigenvalue weighted by Gasteiger charge is -2.36. The molecule has 1 aromatic rings. The van der Waals surface area contributed by atoms with Crippen molar-refractivity contribution >= 4 is 19.2 Å². The number of rotatable bonds is 4. The van der Waals surface area contributed by atoms with Gasteiger partial charge in [-0.15, -0.1) is 0 Å². The molecule has 20 heavy (non-hydrogen) atoms. The van der Waals surface area contributed by atoms with E-state index >= 15 is 0 Å². The molecule has 3 heteroatoms. The van der Waals surface area contributed by atoms with Gasteiger partial charge >= 0.3 is 5.97 Å². The van der Waals surface area contributed by atoms with Crippen LogP contribution in [0.25, 0.3) is 0 Å². The molecule has 0 N–H and O–H groups in total. The summed E-state index contributed by atoms with van der Waals surface area (Å²) in [7, 11) is -1.45. The molecule has 1 saturated carbocycles. The highest BCUT2D eigenvalue weighted by Gasteiger charge is 2.34. The van der Waals surface area contributed by atoms with Crippen molar-refractivity contribution in [2.75, 3.05) is 0 Å². The Bertz CT molecular complexity index is 442. The molecule has 1 aliphatic carbocycles. The summed E-state index contributed by atoms with van der Waals surface area (Å²) in [6.45, 7) is 6.40. The van der Waals surface area contributed by atoms with Gasteiger partial charge in [0, 0.05) is 6.92 Å². The Morgan fingerprint density at radius 1 is 1.20 bits per heavy atom. The quantitative estimate of drug-likeness (QED) is 0.624. The summed E-state index contributed by atoms with van der Waals surface area (Å²) in [5.74, 6) is 0.426. The minimum absolute atomic E-state index is 0.124. The number of hydrogen-bond donors (Lipinski definition) is 0. The second-order valence-electron chi connectivity index (χ2n) is 6.65. The average Bonchev–Trinajstić information content (AvgIpc) is 2.41. The molecule has 0 amide bonds. The Labute approximate surface area is 123 Å². The zero-order chi connectivity index (χ0) is 14.6. The van der Waals surface area contributed by atoms with Gasteiger partial charge in [-0.05, 0) is 31.2 Å². The molecule has 2 atom stereocenters. The van der Waals surface area contributed by atoms with Crippen LogP contribution in [0.4, 0.5) is 0 Å². The number of benzene rings is 1. The van der Waals surface area contributed by atoms with Gasteiger partial charge in [0.05, 0.1) is 8.07 Å². The van der Waals surface area contributed by atoms with Crippen LogP contribution in [0, 0.1) is 5.92 Å². The lowest BCUT2D eigenvalue weighted by atomic mass is 9.88. The van der Waals surface area contributed by atoms with Crippen LogP contribution in [0.1, 0.15) is 32.6 Å². The van der Waals surface area contributed by atoms with Gasteiger partial charge in [-0.25, -0.2) is 0 Å². The van der Waals surface area contributed by atoms with Crippen molar-refractivity contribution < 1.29 is 9.53 Å². The summed E-state index contributed by atoms with van der Waals surface area (Å²) >= 11 is 0. The van der Waals surface area contributed by atoms with E-state index in [2.05, 4.69) is 43.4 Å². The molecule has 0 unspecified atom stereocenters. The number of hydrogen-bond acceptors (Lipinski definition) is 2. The number of carbonyl (C=O) groups excluding carboxylic acids is 1. The van der Waals surface area contributed by atoms with E-state index in [0.717, 1.165) is 6.42 Å². The second-order valence-corrected chi connectivity index (χ2v) is 11.4. The minimum atomic E-state index is -1.45. The number of esters is 1. The Kier molecular flexibility index (Phi) is 5.03. The molecular formula is C17H26O2Si. The standard InChI is InChI=1S/C17H26O2Si/c1-14(18)19-17-12-8-7-9-15(17)13-20(2,3)16-10-5-4-6-11-16/h4-6,10-11,15,17H,7-9,12-13H2,1-3H3/t15-,17+/m0/s1. The van der Waals surface area contributed by atoms with E-state index in [-0.39, 0.29) is 12.1 Å². The maximum atomic E-state index is 11.3. The van der Waals surface area contributed by atoms with Crippen LogP contribution in [0.5, 0.6) is 0 Å². The van der Waals surface area contributed by atoms with Gasteiger partial charge < -0.3 is 4.74 Å². The second kappa shape index (κ2) is 6.57. The fraction of sp³-hybridized carbons (Fsp3) is 0.588. The van der Waals surface area contributed by atoms with Crippen LogP contribution in [0.2, 0.25) is 19.1 Å². The van der Waals surface area contributed by atoms with Gasteiger partial charge in [-0.1, -0.05) is 55.0 Å². The molecule has 0 radical (unpaired) electrons. The van der Waals surface area contributed by atoms with E-state index in [4.69, 9.17) is 4.74 Å². The summed E-state index contributed by atoms with van der Waals surface area (Å²) in [6.07, 6.45) is 4.88. The van der Waals surface area contributed by atoms with Crippen molar-refractivity contribution in [3.63, 3.8) is 0 Å². The topological polar surface area (TPSA) is 26.3 Å².